The van der Waals surface area contributed by atoms with Gasteiger partial charge in [-0.05, 0) is 52.6 Å². The third-order valence-corrected chi connectivity index (χ3v) is 3.95. The lowest BCUT2D eigenvalue weighted by atomic mass is 10.2. The van der Waals surface area contributed by atoms with Crippen LogP contribution in [0.3, 0.4) is 0 Å². The van der Waals surface area contributed by atoms with Gasteiger partial charge in [-0.25, -0.2) is 9.18 Å². The number of benzene rings is 1. The Kier molecular flexibility index (Phi) is 4.15. The SMILES string of the molecule is Cc1nsc(NC(=O)c2ccc(F)c(Br)c2)c1C(=O)O. The van der Waals surface area contributed by atoms with E-state index in [4.69, 9.17) is 5.11 Å². The third kappa shape index (κ3) is 2.86. The van der Waals surface area contributed by atoms with E-state index in [0.29, 0.717) is 5.69 Å². The molecule has 2 N–H and O–H groups in total. The zero-order valence-electron chi connectivity index (χ0n) is 10.1. The quantitative estimate of drug-likeness (QED) is 0.881. The Hall–Kier alpha value is -1.80. The number of aromatic nitrogens is 1. The molecular weight excluding hydrogens is 351 g/mol. The second kappa shape index (κ2) is 5.68. The molecule has 20 heavy (non-hydrogen) atoms. The van der Waals surface area contributed by atoms with Gasteiger partial charge in [0.25, 0.3) is 5.91 Å². The summed E-state index contributed by atoms with van der Waals surface area (Å²) in [4.78, 5) is 23.1. The molecule has 0 aliphatic carbocycles. The van der Waals surface area contributed by atoms with Crippen LogP contribution in [0.2, 0.25) is 0 Å². The van der Waals surface area contributed by atoms with E-state index in [9.17, 15) is 14.0 Å². The zero-order valence-corrected chi connectivity index (χ0v) is 12.5. The van der Waals surface area contributed by atoms with E-state index in [2.05, 4.69) is 25.6 Å². The number of nitrogens with zero attached hydrogens (tertiary/aromatic N) is 1. The number of amides is 1. The fraction of sp³-hybridized carbons (Fsp3) is 0.0833. The highest BCUT2D eigenvalue weighted by Crippen LogP contribution is 2.25. The molecule has 0 aliphatic rings. The van der Waals surface area contributed by atoms with Gasteiger partial charge in [0.2, 0.25) is 0 Å². The normalized spacial score (nSPS) is 10.3. The Morgan fingerprint density at radius 1 is 1.45 bits per heavy atom. The summed E-state index contributed by atoms with van der Waals surface area (Å²) in [6.07, 6.45) is 0. The molecule has 0 saturated heterocycles. The fourth-order valence-electron chi connectivity index (χ4n) is 1.52. The molecule has 0 bridgehead atoms. The van der Waals surface area contributed by atoms with Crippen molar-refractivity contribution in [2.24, 2.45) is 0 Å². The molecule has 0 atom stereocenters. The van der Waals surface area contributed by atoms with Crippen LogP contribution in [-0.2, 0) is 0 Å². The first-order valence-electron chi connectivity index (χ1n) is 5.36. The number of carboxylic acids is 1. The van der Waals surface area contributed by atoms with Gasteiger partial charge in [-0.1, -0.05) is 0 Å². The number of halogens is 2. The second-order valence-corrected chi connectivity index (χ2v) is 5.49. The van der Waals surface area contributed by atoms with E-state index in [1.165, 1.54) is 12.1 Å². The average molecular weight is 359 g/mol. The van der Waals surface area contributed by atoms with Gasteiger partial charge in [-0.2, -0.15) is 4.37 Å². The number of rotatable bonds is 3. The van der Waals surface area contributed by atoms with Crippen LogP contribution >= 0.6 is 27.5 Å². The van der Waals surface area contributed by atoms with Crippen LogP contribution in [-0.4, -0.2) is 21.4 Å². The first kappa shape index (κ1) is 14.6. The second-order valence-electron chi connectivity index (χ2n) is 3.86. The summed E-state index contributed by atoms with van der Waals surface area (Å²) in [7, 11) is 0. The predicted molar refractivity (Wildman–Crippen MR) is 75.9 cm³/mol. The summed E-state index contributed by atoms with van der Waals surface area (Å²) >= 11 is 3.87. The largest absolute Gasteiger partial charge is 0.478 e. The minimum Gasteiger partial charge on any atom is -0.478 e. The van der Waals surface area contributed by atoms with Crippen LogP contribution in [0.25, 0.3) is 0 Å². The number of carbonyl (C=O) groups excluding carboxylic acids is 1. The van der Waals surface area contributed by atoms with Crippen LogP contribution in [0.4, 0.5) is 9.39 Å². The van der Waals surface area contributed by atoms with Gasteiger partial charge in [0.15, 0.2) is 0 Å². The number of aryl methyl sites for hydroxylation is 1. The van der Waals surface area contributed by atoms with Crippen LogP contribution < -0.4 is 5.32 Å². The Labute approximate surface area is 125 Å². The third-order valence-electron chi connectivity index (χ3n) is 2.49. The van der Waals surface area contributed by atoms with E-state index in [1.54, 1.807) is 6.92 Å². The summed E-state index contributed by atoms with van der Waals surface area (Å²) in [5.74, 6) is -2.18. The Bertz CT molecular complexity index is 702. The zero-order chi connectivity index (χ0) is 14.9. The van der Waals surface area contributed by atoms with Crippen molar-refractivity contribution in [2.75, 3.05) is 5.32 Å². The summed E-state index contributed by atoms with van der Waals surface area (Å²) < 4.78 is 17.1. The number of hydrogen-bond donors (Lipinski definition) is 2. The molecule has 2 aromatic rings. The van der Waals surface area contributed by atoms with E-state index in [0.717, 1.165) is 17.6 Å². The van der Waals surface area contributed by atoms with Crippen molar-refractivity contribution in [2.45, 2.75) is 6.92 Å². The lowest BCUT2D eigenvalue weighted by Gasteiger charge is -2.04. The van der Waals surface area contributed by atoms with Crippen molar-refractivity contribution in [3.63, 3.8) is 0 Å². The van der Waals surface area contributed by atoms with Crippen molar-refractivity contribution in [1.82, 2.24) is 4.37 Å². The maximum atomic E-state index is 13.1. The minimum absolute atomic E-state index is 0.0375. The summed E-state index contributed by atoms with van der Waals surface area (Å²) in [5.41, 5.74) is 0.503. The van der Waals surface area contributed by atoms with Gasteiger partial charge >= 0.3 is 5.97 Å². The maximum absolute atomic E-state index is 13.1. The van der Waals surface area contributed by atoms with Crippen LogP contribution in [0.15, 0.2) is 22.7 Å². The van der Waals surface area contributed by atoms with E-state index >= 15 is 0 Å². The predicted octanol–water partition coefficient (Wildman–Crippen LogP) is 3.30. The van der Waals surface area contributed by atoms with Crippen molar-refractivity contribution in [1.29, 1.82) is 0 Å². The summed E-state index contributed by atoms with van der Waals surface area (Å²) in [5, 5.41) is 11.7. The summed E-state index contributed by atoms with van der Waals surface area (Å²) in [6.45, 7) is 1.55. The van der Waals surface area contributed by atoms with Crippen molar-refractivity contribution < 1.29 is 19.1 Å². The number of carboxylic acid groups (broad SMARTS) is 1. The van der Waals surface area contributed by atoms with Crippen LogP contribution in [0, 0.1) is 12.7 Å². The van der Waals surface area contributed by atoms with Crippen molar-refractivity contribution in [3.05, 3.63) is 45.3 Å². The number of nitrogens with one attached hydrogen (secondary N) is 1. The molecule has 8 heteroatoms. The van der Waals surface area contributed by atoms with Gasteiger partial charge in [0, 0.05) is 5.56 Å². The number of carbonyl (C=O) groups is 2. The molecule has 0 saturated carbocycles. The number of hydrogen-bond acceptors (Lipinski definition) is 4. The highest BCUT2D eigenvalue weighted by Gasteiger charge is 2.20. The Morgan fingerprint density at radius 2 is 2.15 bits per heavy atom. The highest BCUT2D eigenvalue weighted by molar-refractivity contribution is 9.10. The van der Waals surface area contributed by atoms with Gasteiger partial charge in [0.1, 0.15) is 16.4 Å². The molecule has 1 amide bonds. The molecule has 1 heterocycles. The minimum atomic E-state index is -1.16. The first-order valence-corrected chi connectivity index (χ1v) is 6.92. The molecule has 0 spiro atoms. The molecule has 5 nitrogen and oxygen atoms in total. The molecule has 1 aromatic carbocycles. The number of anilines is 1. The molecule has 104 valence electrons. The standard InChI is InChI=1S/C12H8BrFN2O3S/c1-5-9(12(18)19)11(20-16-5)15-10(17)6-2-3-8(14)7(13)4-6/h2-4H,1H3,(H,15,17)(H,18,19). The topological polar surface area (TPSA) is 79.3 Å². The highest BCUT2D eigenvalue weighted by atomic mass is 79.9. The van der Waals surface area contributed by atoms with Crippen molar-refractivity contribution >= 4 is 44.3 Å². The Morgan fingerprint density at radius 3 is 2.75 bits per heavy atom. The first-order chi connectivity index (χ1) is 9.40. The fourth-order valence-corrected chi connectivity index (χ4v) is 2.68. The lowest BCUT2D eigenvalue weighted by Crippen LogP contribution is -2.13. The summed E-state index contributed by atoms with van der Waals surface area (Å²) in [6, 6.07) is 3.78. The molecule has 0 aliphatic heterocycles. The van der Waals surface area contributed by atoms with E-state index < -0.39 is 17.7 Å². The van der Waals surface area contributed by atoms with E-state index in [-0.39, 0.29) is 20.6 Å². The van der Waals surface area contributed by atoms with Gasteiger partial charge in [-0.15, -0.1) is 0 Å². The van der Waals surface area contributed by atoms with Crippen LogP contribution in [0.5, 0.6) is 0 Å². The Balaban J connectivity index is 2.28. The molecule has 1 aromatic heterocycles. The smallest absolute Gasteiger partial charge is 0.340 e. The van der Waals surface area contributed by atoms with Gasteiger partial charge in [-0.3, -0.25) is 4.79 Å². The monoisotopic (exact) mass is 358 g/mol. The molecule has 0 fully saturated rings. The molecule has 0 radical (unpaired) electrons. The molecule has 0 unspecified atom stereocenters. The van der Waals surface area contributed by atoms with Crippen LogP contribution in [0.1, 0.15) is 26.4 Å². The number of aromatic carboxylic acids is 1. The lowest BCUT2D eigenvalue weighted by molar-refractivity contribution is 0.0697. The average Bonchev–Trinajstić information content (AvgIpc) is 2.73. The molecule has 2 rings (SSSR count). The molecular formula is C12H8BrFN2O3S. The maximum Gasteiger partial charge on any atom is 0.340 e. The van der Waals surface area contributed by atoms with Gasteiger partial charge in [0.05, 0.1) is 10.2 Å². The van der Waals surface area contributed by atoms with E-state index in [1.807, 2.05) is 0 Å². The van der Waals surface area contributed by atoms with Crippen molar-refractivity contribution in [3.8, 4) is 0 Å². The van der Waals surface area contributed by atoms with Gasteiger partial charge < -0.3 is 10.4 Å².